The van der Waals surface area contributed by atoms with Crippen LogP contribution in [0, 0.1) is 0 Å². The van der Waals surface area contributed by atoms with Crippen LogP contribution in [0.2, 0.25) is 0 Å². The summed E-state index contributed by atoms with van der Waals surface area (Å²) in [7, 11) is 2.12. The van der Waals surface area contributed by atoms with Crippen molar-refractivity contribution in [2.45, 2.75) is 38.3 Å². The summed E-state index contributed by atoms with van der Waals surface area (Å²) in [5.74, 6) is -0.334. The minimum Gasteiger partial charge on any atom is -0.466 e. The van der Waals surface area contributed by atoms with Gasteiger partial charge in [0, 0.05) is 19.1 Å². The molecule has 0 saturated carbocycles. The highest BCUT2D eigenvalue weighted by atomic mass is 16.5. The first-order valence-corrected chi connectivity index (χ1v) is 6.38. The fourth-order valence-electron chi connectivity index (χ4n) is 2.14. The van der Waals surface area contributed by atoms with Crippen LogP contribution in [-0.2, 0) is 9.53 Å². The number of hydrogen-bond acceptors (Lipinski definition) is 5. The van der Waals surface area contributed by atoms with E-state index in [4.69, 9.17) is 4.74 Å². The maximum atomic E-state index is 11.1. The molecule has 2 unspecified atom stereocenters. The molecule has 0 aromatic carbocycles. The Hall–Kier alpha value is -0.650. The molecule has 1 saturated heterocycles. The number of aliphatic hydroxyl groups excluding tert-OH is 1. The second-order valence-electron chi connectivity index (χ2n) is 4.60. The summed E-state index contributed by atoms with van der Waals surface area (Å²) in [5, 5.41) is 12.8. The van der Waals surface area contributed by atoms with Gasteiger partial charge in [-0.1, -0.05) is 0 Å². The Morgan fingerprint density at radius 3 is 3.00 bits per heavy atom. The second-order valence-corrected chi connectivity index (χ2v) is 4.60. The van der Waals surface area contributed by atoms with E-state index in [0.29, 0.717) is 19.2 Å². The SMILES string of the molecule is CCOC(=O)CC(O)CNCC1CCCN1C. The molecule has 0 bridgehead atoms. The van der Waals surface area contributed by atoms with Gasteiger partial charge in [-0.2, -0.15) is 0 Å². The molecule has 1 fully saturated rings. The van der Waals surface area contributed by atoms with Crippen LogP contribution in [0.3, 0.4) is 0 Å². The molecule has 1 rings (SSSR count). The summed E-state index contributed by atoms with van der Waals surface area (Å²) in [6.07, 6.45) is 1.87. The van der Waals surface area contributed by atoms with E-state index in [-0.39, 0.29) is 12.4 Å². The molecule has 0 radical (unpaired) electrons. The van der Waals surface area contributed by atoms with Gasteiger partial charge >= 0.3 is 5.97 Å². The molecule has 2 N–H and O–H groups in total. The van der Waals surface area contributed by atoms with Crippen LogP contribution in [0.15, 0.2) is 0 Å². The third kappa shape index (κ3) is 5.48. The number of ether oxygens (including phenoxy) is 1. The molecular weight excluding hydrogens is 220 g/mol. The van der Waals surface area contributed by atoms with Gasteiger partial charge in [0.2, 0.25) is 0 Å². The zero-order valence-electron chi connectivity index (χ0n) is 10.8. The molecule has 0 amide bonds. The first-order valence-electron chi connectivity index (χ1n) is 6.38. The van der Waals surface area contributed by atoms with Crippen LogP contribution in [0.25, 0.3) is 0 Å². The highest BCUT2D eigenvalue weighted by Gasteiger charge is 2.20. The second kappa shape index (κ2) is 7.63. The van der Waals surface area contributed by atoms with Crippen molar-refractivity contribution in [3.63, 3.8) is 0 Å². The van der Waals surface area contributed by atoms with E-state index in [2.05, 4.69) is 17.3 Å². The zero-order valence-corrected chi connectivity index (χ0v) is 10.8. The molecule has 1 heterocycles. The lowest BCUT2D eigenvalue weighted by Gasteiger charge is -2.20. The Morgan fingerprint density at radius 2 is 2.41 bits per heavy atom. The Bertz CT molecular complexity index is 236. The van der Waals surface area contributed by atoms with Crippen molar-refractivity contribution in [1.82, 2.24) is 10.2 Å². The lowest BCUT2D eigenvalue weighted by Crippen LogP contribution is -2.39. The number of carbonyl (C=O) groups is 1. The van der Waals surface area contributed by atoms with Crippen molar-refractivity contribution < 1.29 is 14.6 Å². The van der Waals surface area contributed by atoms with Crippen LogP contribution in [0.1, 0.15) is 26.2 Å². The molecule has 0 spiro atoms. The van der Waals surface area contributed by atoms with E-state index < -0.39 is 6.10 Å². The van der Waals surface area contributed by atoms with Gasteiger partial charge in [-0.3, -0.25) is 4.79 Å². The molecule has 1 aliphatic rings. The van der Waals surface area contributed by atoms with Gasteiger partial charge in [-0.05, 0) is 33.4 Å². The van der Waals surface area contributed by atoms with Crippen LogP contribution < -0.4 is 5.32 Å². The van der Waals surface area contributed by atoms with E-state index in [0.717, 1.165) is 13.1 Å². The Morgan fingerprint density at radius 1 is 1.65 bits per heavy atom. The minimum atomic E-state index is -0.652. The van der Waals surface area contributed by atoms with Gasteiger partial charge < -0.3 is 20.1 Å². The normalized spacial score (nSPS) is 22.6. The highest BCUT2D eigenvalue weighted by molar-refractivity contribution is 5.69. The average molecular weight is 244 g/mol. The largest absolute Gasteiger partial charge is 0.466 e. The highest BCUT2D eigenvalue weighted by Crippen LogP contribution is 2.13. The predicted molar refractivity (Wildman–Crippen MR) is 65.8 cm³/mol. The molecule has 0 aliphatic carbocycles. The summed E-state index contributed by atoms with van der Waals surface area (Å²) >= 11 is 0. The monoisotopic (exact) mass is 244 g/mol. The van der Waals surface area contributed by atoms with Gasteiger partial charge in [-0.15, -0.1) is 0 Å². The Kier molecular flexibility index (Phi) is 6.47. The van der Waals surface area contributed by atoms with E-state index in [1.54, 1.807) is 6.92 Å². The molecule has 2 atom stereocenters. The smallest absolute Gasteiger partial charge is 0.308 e. The maximum absolute atomic E-state index is 11.1. The van der Waals surface area contributed by atoms with Crippen molar-refractivity contribution in [3.8, 4) is 0 Å². The molecule has 0 aromatic rings. The molecule has 17 heavy (non-hydrogen) atoms. The summed E-state index contributed by atoms with van der Waals surface area (Å²) in [6.45, 7) is 4.60. The summed E-state index contributed by atoms with van der Waals surface area (Å²) < 4.78 is 4.77. The van der Waals surface area contributed by atoms with E-state index >= 15 is 0 Å². The number of nitrogens with zero attached hydrogens (tertiary/aromatic N) is 1. The maximum Gasteiger partial charge on any atom is 0.308 e. The Labute approximate surface area is 103 Å². The van der Waals surface area contributed by atoms with Gasteiger partial charge in [0.25, 0.3) is 0 Å². The molecular formula is C12H24N2O3. The average Bonchev–Trinajstić information content (AvgIpc) is 2.64. The molecule has 1 aliphatic heterocycles. The predicted octanol–water partition coefficient (Wildman–Crippen LogP) is -0.0157. The molecule has 5 nitrogen and oxygen atoms in total. The standard InChI is InChI=1S/C12H24N2O3/c1-3-17-12(16)7-11(15)9-13-8-10-5-4-6-14(10)2/h10-11,13,15H,3-9H2,1-2H3. The van der Waals surface area contributed by atoms with E-state index in [1.165, 1.54) is 12.8 Å². The number of nitrogens with one attached hydrogen (secondary N) is 1. The lowest BCUT2D eigenvalue weighted by atomic mass is 10.2. The number of likely N-dealkylation sites (N-methyl/N-ethyl adjacent to an activating group) is 1. The van der Waals surface area contributed by atoms with E-state index in [9.17, 15) is 9.90 Å². The molecule has 100 valence electrons. The van der Waals surface area contributed by atoms with Gasteiger partial charge in [0.1, 0.15) is 0 Å². The van der Waals surface area contributed by atoms with Gasteiger partial charge in [0.05, 0.1) is 19.1 Å². The number of rotatable bonds is 7. The van der Waals surface area contributed by atoms with Crippen LogP contribution in [0.5, 0.6) is 0 Å². The minimum absolute atomic E-state index is 0.0708. The van der Waals surface area contributed by atoms with E-state index in [1.807, 2.05) is 0 Å². The summed E-state index contributed by atoms with van der Waals surface area (Å²) in [6, 6.07) is 0.560. The number of esters is 1. The van der Waals surface area contributed by atoms with Crippen molar-refractivity contribution >= 4 is 5.97 Å². The summed E-state index contributed by atoms with van der Waals surface area (Å²) in [4.78, 5) is 13.4. The zero-order chi connectivity index (χ0) is 12.7. The number of hydrogen-bond donors (Lipinski definition) is 2. The lowest BCUT2D eigenvalue weighted by molar-refractivity contribution is -0.145. The third-order valence-corrected chi connectivity index (χ3v) is 3.14. The van der Waals surface area contributed by atoms with Crippen LogP contribution >= 0.6 is 0 Å². The van der Waals surface area contributed by atoms with Gasteiger partial charge in [0.15, 0.2) is 0 Å². The fourth-order valence-corrected chi connectivity index (χ4v) is 2.14. The quantitative estimate of drug-likeness (QED) is 0.617. The first-order chi connectivity index (χ1) is 8.13. The fraction of sp³-hybridized carbons (Fsp3) is 0.917. The topological polar surface area (TPSA) is 61.8 Å². The van der Waals surface area contributed by atoms with Crippen LogP contribution in [0.4, 0.5) is 0 Å². The number of aliphatic hydroxyl groups is 1. The van der Waals surface area contributed by atoms with Crippen molar-refractivity contribution in [2.75, 3.05) is 33.3 Å². The number of carbonyl (C=O) groups excluding carboxylic acids is 1. The number of likely N-dealkylation sites (tertiary alicyclic amines) is 1. The molecule has 5 heteroatoms. The van der Waals surface area contributed by atoms with Crippen LogP contribution in [-0.4, -0.2) is 61.4 Å². The first kappa shape index (κ1) is 14.4. The third-order valence-electron chi connectivity index (χ3n) is 3.14. The van der Waals surface area contributed by atoms with Crippen molar-refractivity contribution in [3.05, 3.63) is 0 Å². The van der Waals surface area contributed by atoms with Gasteiger partial charge in [-0.25, -0.2) is 0 Å². The summed E-state index contributed by atoms with van der Waals surface area (Å²) in [5.41, 5.74) is 0. The molecule has 0 aromatic heterocycles. The van der Waals surface area contributed by atoms with Crippen molar-refractivity contribution in [2.24, 2.45) is 0 Å². The Balaban J connectivity index is 2.07. The van der Waals surface area contributed by atoms with Crippen molar-refractivity contribution in [1.29, 1.82) is 0 Å².